The first-order valence-corrected chi connectivity index (χ1v) is 34.7. The Labute approximate surface area is 606 Å². The molecule has 0 aliphatic carbocycles. The highest BCUT2D eigenvalue weighted by Gasteiger charge is 2.39. The smallest absolute Gasteiger partial charge is 0.415 e. The minimum Gasteiger partial charge on any atom is -0.493 e. The molecule has 2 fully saturated rings. The largest absolute Gasteiger partial charge is 0.493 e. The molecule has 4 aliphatic heterocycles. The van der Waals surface area contributed by atoms with E-state index in [4.69, 9.17) is 79.0 Å². The van der Waals surface area contributed by atoms with Gasteiger partial charge >= 0.3 is 36.2 Å². The van der Waals surface area contributed by atoms with Crippen molar-refractivity contribution in [3.63, 3.8) is 0 Å². The molecule has 10 rings (SSSR count). The average molecular weight is 1460 g/mol. The number of carboxylic acids is 1. The van der Waals surface area contributed by atoms with Gasteiger partial charge in [0, 0.05) is 149 Å². The molecule has 2 saturated heterocycles. The first kappa shape index (κ1) is 78.5. The monoisotopic (exact) mass is 1460 g/mol. The van der Waals surface area contributed by atoms with Crippen molar-refractivity contribution in [3.05, 3.63) is 107 Å². The number of nitrogens with zero attached hydrogens (tertiary/aromatic N) is 6. The average Bonchev–Trinajstić information content (AvgIpc) is 1.63. The zero-order chi connectivity index (χ0) is 75.1. The number of methoxy groups -OCH3 is 4. The molecule has 102 heavy (non-hydrogen) atoms. The Hall–Kier alpha value is -9.24. The van der Waals surface area contributed by atoms with Gasteiger partial charge in [0.15, 0.2) is 23.0 Å². The molecular weight excluding hydrogens is 1360 g/mol. The molecule has 554 valence electrons. The van der Waals surface area contributed by atoms with Gasteiger partial charge in [-0.05, 0) is 95.3 Å². The molecule has 0 bridgehead atoms. The lowest BCUT2D eigenvalue weighted by Crippen LogP contribution is -2.48. The molecule has 6 aromatic carbocycles. The van der Waals surface area contributed by atoms with Crippen molar-refractivity contribution in [3.8, 4) is 34.5 Å². The number of benzene rings is 6. The van der Waals surface area contributed by atoms with Crippen molar-refractivity contribution in [1.82, 2.24) is 19.6 Å². The van der Waals surface area contributed by atoms with Crippen LogP contribution in [0.2, 0.25) is 0 Å². The number of anilines is 4. The summed E-state index contributed by atoms with van der Waals surface area (Å²) >= 11 is 12.7. The molecule has 2 atom stereocenters. The number of likely N-dealkylation sites (N-methyl/N-ethyl adjacent to an activating group) is 2. The van der Waals surface area contributed by atoms with E-state index in [2.05, 4.69) is 14.5 Å². The number of nitrogens with two attached hydrogens (primary N) is 2. The summed E-state index contributed by atoms with van der Waals surface area (Å²) in [6, 6.07) is 25.2. The number of carbonyl (C=O) groups excluding carboxylic acids is 6. The molecule has 0 aromatic heterocycles. The number of amides is 4. The van der Waals surface area contributed by atoms with E-state index in [1.165, 1.54) is 46.6 Å². The second kappa shape index (κ2) is 38.1. The predicted molar refractivity (Wildman–Crippen MR) is 391 cm³/mol. The predicted octanol–water partition coefficient (Wildman–Crippen LogP) is 12.6. The highest BCUT2D eigenvalue weighted by Crippen LogP contribution is 2.48. The molecule has 2 unspecified atom stereocenters. The SMILES string of the molecule is CN1CCN(C(=O)Oc2cc3c(c4ccccc24)C(CCl)CN3C(=O)OC(C)(C)C)CC1.COC(=O)c1cc(OC)c(OCCCCCC(=O)N2CC(CCl)c3c2cc(OC(=O)N2CCN(C)CC2)c2ccccc32)cc1N.COC(=O)c1cc(OC)c(OCCCCCC(=O)O)cc1N.[2H]CF. The van der Waals surface area contributed by atoms with Gasteiger partial charge in [0.05, 0.1) is 84.1 Å². The fraction of sp³-hybridized carbons (Fsp3) is 0.473. The maximum Gasteiger partial charge on any atom is 0.415 e. The van der Waals surface area contributed by atoms with Crippen LogP contribution in [-0.4, -0.2) is 213 Å². The van der Waals surface area contributed by atoms with Gasteiger partial charge in [0.25, 0.3) is 0 Å². The number of piperazine rings is 2. The van der Waals surface area contributed by atoms with Crippen molar-refractivity contribution < 1.29 is 87.1 Å². The zero-order valence-corrected chi connectivity index (χ0v) is 61.0. The van der Waals surface area contributed by atoms with E-state index < -0.39 is 36.8 Å². The topological polar surface area (TPSA) is 294 Å². The summed E-state index contributed by atoms with van der Waals surface area (Å²) in [5.74, 6) is 1.29. The molecule has 4 amide bonds. The van der Waals surface area contributed by atoms with E-state index in [1.54, 1.807) is 31.7 Å². The molecule has 28 heteroatoms. The number of fused-ring (bicyclic) bond motifs is 6. The Morgan fingerprint density at radius 3 is 1.31 bits per heavy atom. The van der Waals surface area contributed by atoms with E-state index >= 15 is 0 Å². The third kappa shape index (κ3) is 20.7. The Balaban J connectivity index is 0.000000226. The molecule has 4 heterocycles. The second-order valence-electron chi connectivity index (χ2n) is 25.7. The van der Waals surface area contributed by atoms with Gasteiger partial charge in [0.2, 0.25) is 5.91 Å². The third-order valence-corrected chi connectivity index (χ3v) is 18.3. The lowest BCUT2D eigenvalue weighted by atomic mass is 9.95. The number of carbonyl (C=O) groups is 7. The number of halogens is 3. The first-order chi connectivity index (χ1) is 49.3. The summed E-state index contributed by atoms with van der Waals surface area (Å²) in [4.78, 5) is 97.6. The Kier molecular flexibility index (Phi) is 29.4. The first-order valence-electron chi connectivity index (χ1n) is 34.3. The van der Waals surface area contributed by atoms with Gasteiger partial charge in [0.1, 0.15) is 17.1 Å². The number of aliphatic carboxylic acids is 1. The highest BCUT2D eigenvalue weighted by molar-refractivity contribution is 6.19. The van der Waals surface area contributed by atoms with Gasteiger partial charge in [-0.25, -0.2) is 24.0 Å². The van der Waals surface area contributed by atoms with Gasteiger partial charge in [-0.1, -0.05) is 48.5 Å². The lowest BCUT2D eigenvalue weighted by Gasteiger charge is -2.31. The van der Waals surface area contributed by atoms with Crippen LogP contribution >= 0.6 is 23.2 Å². The summed E-state index contributed by atoms with van der Waals surface area (Å²) in [6.07, 6.45) is 3.52. The number of esters is 2. The summed E-state index contributed by atoms with van der Waals surface area (Å²) in [7, 11) is 8.58. The fourth-order valence-electron chi connectivity index (χ4n) is 12.1. The van der Waals surface area contributed by atoms with Crippen LogP contribution < -0.4 is 49.7 Å². The number of rotatable bonds is 22. The van der Waals surface area contributed by atoms with Crippen LogP contribution in [0.15, 0.2) is 84.9 Å². The normalized spacial score (nSPS) is 15.7. The Bertz CT molecular complexity index is 3930. The van der Waals surface area contributed by atoms with E-state index in [9.17, 15) is 38.0 Å². The molecule has 0 saturated carbocycles. The molecule has 5 N–H and O–H groups in total. The number of unbranched alkanes of at least 4 members (excludes halogenated alkanes) is 4. The molecule has 6 aromatic rings. The van der Waals surface area contributed by atoms with Crippen LogP contribution in [0.4, 0.5) is 41.5 Å². The molecular formula is C74H95Cl2FN8O17. The van der Waals surface area contributed by atoms with E-state index in [-0.39, 0.29) is 58.9 Å². The van der Waals surface area contributed by atoms with Crippen LogP contribution in [-0.2, 0) is 23.8 Å². The number of nitrogen functional groups attached to an aromatic ring is 2. The van der Waals surface area contributed by atoms with Gasteiger partial charge in [-0.15, -0.1) is 23.2 Å². The molecule has 4 aliphatic rings. The summed E-state index contributed by atoms with van der Waals surface area (Å²) < 4.78 is 64.4. The molecule has 0 spiro atoms. The minimum atomic E-state index is -1.00. The summed E-state index contributed by atoms with van der Waals surface area (Å²) in [6.45, 7) is 12.9. The van der Waals surface area contributed by atoms with Crippen molar-refractivity contribution in [2.75, 3.05) is 161 Å². The number of carboxylic acid groups (broad SMARTS) is 1. The molecule has 25 nitrogen and oxygen atoms in total. The van der Waals surface area contributed by atoms with Gasteiger partial charge in [-0.3, -0.25) is 18.9 Å². The van der Waals surface area contributed by atoms with Crippen LogP contribution in [0.5, 0.6) is 34.5 Å². The number of ether oxygens (including phenoxy) is 9. The van der Waals surface area contributed by atoms with E-state index in [0.717, 1.165) is 83.8 Å². The van der Waals surface area contributed by atoms with E-state index in [0.29, 0.717) is 130 Å². The van der Waals surface area contributed by atoms with Gasteiger partial charge < -0.3 is 83.7 Å². The fourth-order valence-corrected chi connectivity index (χ4v) is 12.7. The highest BCUT2D eigenvalue weighted by atomic mass is 35.5. The third-order valence-electron chi connectivity index (χ3n) is 17.5. The Morgan fingerprint density at radius 2 is 0.931 bits per heavy atom. The van der Waals surface area contributed by atoms with Crippen LogP contribution in [0.25, 0.3) is 21.5 Å². The summed E-state index contributed by atoms with van der Waals surface area (Å²) in [5, 5.41) is 12.1. The maximum atomic E-state index is 13.6. The zero-order valence-electron chi connectivity index (χ0n) is 60.5. The van der Waals surface area contributed by atoms with Crippen molar-refractivity contribution in [1.29, 1.82) is 0 Å². The summed E-state index contributed by atoms with van der Waals surface area (Å²) in [5.41, 5.74) is 15.5. The lowest BCUT2D eigenvalue weighted by molar-refractivity contribution is -0.137. The van der Waals surface area contributed by atoms with Crippen molar-refractivity contribution in [2.24, 2.45) is 0 Å². The van der Waals surface area contributed by atoms with Gasteiger partial charge in [-0.2, -0.15) is 0 Å². The standard InChI is InChI=1S/C34H41ClN4O7.C24H30ClN3O4.C15H21NO6.CH3F/c1-37-12-14-38(15-13-37)34(42)46-28-19-27-32(24-10-7-6-9-23(24)28)22(20-35)21-39(27)31(40)11-5-4-8-16-45-30-18-26(36)25(33(41)44-3)17-29(30)43-2;1-24(2,3)32-23(30)28-15-16(14-25)21-18-8-6-5-7-17(18)20(13-19(21)28)31-22(29)27-11-9-26(4)10-12-27;1-20-12-8-10(15(19)21-2)11(16)9-13(12)22-7-5-3-4-6-14(17)18;1-2/h6-7,9-10,17-19,22H,4-5,8,11-16,20-21,36H2,1-3H3;5-8,13,16H,9-12,14-15H2,1-4H3;8-9H,3-7,16H2,1-2H3,(H,17,18);1H3/i;;;1D. The quantitative estimate of drug-likeness (QED) is 0.0187. The number of hydrogen-bond donors (Lipinski definition) is 3. The second-order valence-corrected chi connectivity index (χ2v) is 26.3. The number of hydrogen-bond acceptors (Lipinski definition) is 20. The van der Waals surface area contributed by atoms with E-state index in [1.807, 2.05) is 89.5 Å². The van der Waals surface area contributed by atoms with Crippen molar-refractivity contribution in [2.45, 2.75) is 89.6 Å². The van der Waals surface area contributed by atoms with Crippen LogP contribution in [0.3, 0.4) is 0 Å². The minimum absolute atomic E-state index is 0.00532. The Morgan fingerprint density at radius 1 is 0.539 bits per heavy atom. The van der Waals surface area contributed by atoms with Crippen molar-refractivity contribution >= 4 is 110 Å². The van der Waals surface area contributed by atoms with Crippen LogP contribution in [0.1, 0.15) is 117 Å². The number of alkyl halides is 3. The van der Waals surface area contributed by atoms with Crippen LogP contribution in [0, 0.1) is 0 Å². The maximum absolute atomic E-state index is 13.6. The molecule has 0 radical (unpaired) electrons.